The molecule has 4 heteroatoms. The Balaban J connectivity index is 2.05. The van der Waals surface area contributed by atoms with Crippen molar-refractivity contribution in [1.82, 2.24) is 0 Å². The summed E-state index contributed by atoms with van der Waals surface area (Å²) in [6.07, 6.45) is 1.45. The summed E-state index contributed by atoms with van der Waals surface area (Å²) < 4.78 is 11.5. The lowest BCUT2D eigenvalue weighted by Crippen LogP contribution is -2.23. The van der Waals surface area contributed by atoms with Gasteiger partial charge in [0.05, 0.1) is 13.2 Å². The van der Waals surface area contributed by atoms with Crippen molar-refractivity contribution in [1.29, 1.82) is 0 Å². The predicted molar refractivity (Wildman–Crippen MR) is 99.7 cm³/mol. The summed E-state index contributed by atoms with van der Waals surface area (Å²) in [6.45, 7) is 7.15. The third-order valence-corrected chi connectivity index (χ3v) is 4.54. The zero-order valence-electron chi connectivity index (χ0n) is 15.1. The highest BCUT2D eigenvalue weighted by Gasteiger charge is 2.28. The zero-order chi connectivity index (χ0) is 17.8. The van der Waals surface area contributed by atoms with E-state index in [0.717, 1.165) is 29.0 Å². The number of fused-ring (bicyclic) bond motifs is 1. The van der Waals surface area contributed by atoms with Crippen molar-refractivity contribution in [3.63, 3.8) is 0 Å². The Bertz CT molecular complexity index is 752. The highest BCUT2D eigenvalue weighted by atomic mass is 16.5. The van der Waals surface area contributed by atoms with Gasteiger partial charge in [-0.25, -0.2) is 0 Å². The Morgan fingerprint density at radius 2 is 1.64 bits per heavy atom. The van der Waals surface area contributed by atoms with Crippen molar-refractivity contribution in [3.05, 3.63) is 53.1 Å². The molecule has 1 N–H and O–H groups in total. The number of ether oxygens (including phenoxy) is 2. The van der Waals surface area contributed by atoms with Gasteiger partial charge in [0.2, 0.25) is 5.91 Å². The fourth-order valence-corrected chi connectivity index (χ4v) is 3.29. The highest BCUT2D eigenvalue weighted by molar-refractivity contribution is 5.96. The molecule has 3 rings (SSSR count). The van der Waals surface area contributed by atoms with Crippen LogP contribution >= 0.6 is 0 Å². The predicted octanol–water partition coefficient (Wildman–Crippen LogP) is 4.52. The molecule has 1 amide bonds. The van der Waals surface area contributed by atoms with Crippen LogP contribution in [0.25, 0.3) is 0 Å². The number of rotatable bonds is 6. The van der Waals surface area contributed by atoms with Crippen molar-refractivity contribution in [3.8, 4) is 11.5 Å². The van der Waals surface area contributed by atoms with Crippen LogP contribution in [0.4, 0.5) is 5.69 Å². The minimum atomic E-state index is 0.0312. The molecule has 4 nitrogen and oxygen atoms in total. The first-order valence-corrected chi connectivity index (χ1v) is 8.98. The maximum atomic E-state index is 12.2. The van der Waals surface area contributed by atoms with Gasteiger partial charge in [0.25, 0.3) is 0 Å². The van der Waals surface area contributed by atoms with E-state index in [1.807, 2.05) is 26.0 Å². The molecule has 2 aromatic rings. The van der Waals surface area contributed by atoms with E-state index in [9.17, 15) is 4.79 Å². The average Bonchev–Trinajstić information content (AvgIpc) is 2.62. The summed E-state index contributed by atoms with van der Waals surface area (Å²) in [5, 5.41) is 2.98. The van der Waals surface area contributed by atoms with Gasteiger partial charge in [0.15, 0.2) is 11.5 Å². The quantitative estimate of drug-likeness (QED) is 0.842. The topological polar surface area (TPSA) is 47.6 Å². The molecule has 0 saturated heterocycles. The van der Waals surface area contributed by atoms with Gasteiger partial charge in [-0.1, -0.05) is 31.2 Å². The Labute approximate surface area is 149 Å². The van der Waals surface area contributed by atoms with Crippen LogP contribution in [0.1, 0.15) is 49.8 Å². The van der Waals surface area contributed by atoms with Crippen molar-refractivity contribution in [2.45, 2.75) is 39.5 Å². The van der Waals surface area contributed by atoms with Gasteiger partial charge in [0, 0.05) is 24.1 Å². The van der Waals surface area contributed by atoms with Crippen LogP contribution < -0.4 is 14.8 Å². The van der Waals surface area contributed by atoms with Gasteiger partial charge in [-0.3, -0.25) is 4.79 Å². The number of aryl methyl sites for hydroxylation is 1. The molecule has 132 valence electrons. The minimum absolute atomic E-state index is 0.0312. The first-order chi connectivity index (χ1) is 12.2. The molecule has 2 aromatic carbocycles. The maximum absolute atomic E-state index is 12.2. The van der Waals surface area contributed by atoms with Crippen LogP contribution in [0, 0.1) is 0 Å². The fraction of sp³-hybridized carbons (Fsp3) is 0.381. The summed E-state index contributed by atoms with van der Waals surface area (Å²) >= 11 is 0. The van der Waals surface area contributed by atoms with Crippen LogP contribution in [-0.2, 0) is 11.2 Å². The molecule has 0 fully saturated rings. The van der Waals surface area contributed by atoms with Crippen molar-refractivity contribution in [2.75, 3.05) is 18.5 Å². The normalized spacial score (nSPS) is 16.1. The third-order valence-electron chi connectivity index (χ3n) is 4.54. The molecule has 1 atom stereocenters. The van der Waals surface area contributed by atoms with Crippen LogP contribution in [0.15, 0.2) is 36.4 Å². The minimum Gasteiger partial charge on any atom is -0.490 e. The molecule has 1 aliphatic heterocycles. The summed E-state index contributed by atoms with van der Waals surface area (Å²) in [6, 6.07) is 12.4. The van der Waals surface area contributed by atoms with E-state index in [0.29, 0.717) is 25.4 Å². The van der Waals surface area contributed by atoms with Gasteiger partial charge in [-0.2, -0.15) is 0 Å². The molecule has 0 spiro atoms. The Morgan fingerprint density at radius 1 is 1.00 bits per heavy atom. The lowest BCUT2D eigenvalue weighted by molar-refractivity contribution is -0.116. The zero-order valence-corrected chi connectivity index (χ0v) is 15.1. The molecule has 1 aliphatic rings. The molecular formula is C21H25NO3. The molecule has 0 saturated carbocycles. The molecule has 0 bridgehead atoms. The van der Waals surface area contributed by atoms with Crippen LogP contribution in [0.5, 0.6) is 11.5 Å². The average molecular weight is 339 g/mol. The number of benzene rings is 2. The molecule has 0 unspecified atom stereocenters. The second-order valence-electron chi connectivity index (χ2n) is 6.15. The molecular weight excluding hydrogens is 314 g/mol. The largest absolute Gasteiger partial charge is 0.490 e. The smallest absolute Gasteiger partial charge is 0.225 e. The molecule has 0 aliphatic carbocycles. The standard InChI is InChI=1S/C21H25NO3/c1-4-14-7-9-15(10-8-14)16-12-21(23)22-18-13-20(25-6-3)19(24-5-2)11-17(16)18/h7-11,13,16H,4-6,12H2,1-3H3,(H,22,23)/t16-/m1/s1. The van der Waals surface area contributed by atoms with E-state index in [4.69, 9.17) is 9.47 Å². The van der Waals surface area contributed by atoms with Gasteiger partial charge in [0.1, 0.15) is 0 Å². The number of hydrogen-bond donors (Lipinski definition) is 1. The first kappa shape index (κ1) is 17.3. The first-order valence-electron chi connectivity index (χ1n) is 8.98. The fourth-order valence-electron chi connectivity index (χ4n) is 3.29. The lowest BCUT2D eigenvalue weighted by Gasteiger charge is -2.27. The summed E-state index contributed by atoms with van der Waals surface area (Å²) in [5.74, 6) is 1.47. The number of anilines is 1. The van der Waals surface area contributed by atoms with Crippen LogP contribution in [-0.4, -0.2) is 19.1 Å². The van der Waals surface area contributed by atoms with E-state index in [1.54, 1.807) is 0 Å². The van der Waals surface area contributed by atoms with Crippen LogP contribution in [0.2, 0.25) is 0 Å². The number of nitrogens with one attached hydrogen (secondary N) is 1. The SMILES string of the molecule is CCOc1cc2c(cc1OCC)[C@@H](c1ccc(CC)cc1)CC(=O)N2. The maximum Gasteiger partial charge on any atom is 0.225 e. The van der Waals surface area contributed by atoms with Gasteiger partial charge in [-0.15, -0.1) is 0 Å². The molecule has 25 heavy (non-hydrogen) atoms. The number of carbonyl (C=O) groups is 1. The molecule has 0 aromatic heterocycles. The van der Waals surface area contributed by atoms with Crippen molar-refractivity contribution in [2.24, 2.45) is 0 Å². The van der Waals surface area contributed by atoms with Crippen LogP contribution in [0.3, 0.4) is 0 Å². The Hall–Kier alpha value is -2.49. The van der Waals surface area contributed by atoms with E-state index >= 15 is 0 Å². The Kier molecular flexibility index (Phi) is 5.27. The van der Waals surface area contributed by atoms with E-state index in [1.165, 1.54) is 5.56 Å². The molecule has 1 heterocycles. The van der Waals surface area contributed by atoms with E-state index in [-0.39, 0.29) is 11.8 Å². The third kappa shape index (κ3) is 3.63. The summed E-state index contributed by atoms with van der Waals surface area (Å²) in [7, 11) is 0. The molecule has 0 radical (unpaired) electrons. The van der Waals surface area contributed by atoms with Gasteiger partial charge < -0.3 is 14.8 Å². The lowest BCUT2D eigenvalue weighted by atomic mass is 9.84. The van der Waals surface area contributed by atoms with Crippen molar-refractivity contribution >= 4 is 11.6 Å². The highest BCUT2D eigenvalue weighted by Crippen LogP contribution is 2.43. The van der Waals surface area contributed by atoms with E-state index < -0.39 is 0 Å². The van der Waals surface area contributed by atoms with E-state index in [2.05, 4.69) is 36.5 Å². The summed E-state index contributed by atoms with van der Waals surface area (Å²) in [5.41, 5.74) is 4.34. The second-order valence-corrected chi connectivity index (χ2v) is 6.15. The van der Waals surface area contributed by atoms with Crippen molar-refractivity contribution < 1.29 is 14.3 Å². The van der Waals surface area contributed by atoms with Gasteiger partial charge in [-0.05, 0) is 43.0 Å². The number of carbonyl (C=O) groups excluding carboxylic acids is 1. The monoisotopic (exact) mass is 339 g/mol. The second kappa shape index (κ2) is 7.60. The number of amides is 1. The Morgan fingerprint density at radius 3 is 2.24 bits per heavy atom. The number of hydrogen-bond acceptors (Lipinski definition) is 3. The summed E-state index contributed by atoms with van der Waals surface area (Å²) in [4.78, 5) is 12.2. The van der Waals surface area contributed by atoms with Gasteiger partial charge >= 0.3 is 0 Å².